The summed E-state index contributed by atoms with van der Waals surface area (Å²) in [6.45, 7) is 12.7. The largest absolute Gasteiger partial charge is 0.333 e. The molecule has 1 heteroatoms. The summed E-state index contributed by atoms with van der Waals surface area (Å²) in [6.07, 6.45) is 6.79. The molecule has 0 saturated heterocycles. The van der Waals surface area contributed by atoms with Crippen LogP contribution in [0, 0.1) is 0 Å². The maximum atomic E-state index is 4.50. The molecule has 0 spiro atoms. The van der Waals surface area contributed by atoms with E-state index in [2.05, 4.69) is 33.4 Å². The van der Waals surface area contributed by atoms with E-state index in [0.717, 1.165) is 0 Å². The van der Waals surface area contributed by atoms with Gasteiger partial charge in [-0.2, -0.15) is 0 Å². The van der Waals surface area contributed by atoms with Crippen molar-refractivity contribution in [2.45, 2.75) is 73.6 Å². The van der Waals surface area contributed by atoms with Crippen molar-refractivity contribution in [3.8, 4) is 0 Å². The Morgan fingerprint density at radius 1 is 0.692 bits per heavy atom. The van der Waals surface area contributed by atoms with Crippen molar-refractivity contribution in [3.05, 3.63) is 0 Å². The molecule has 0 rings (SSSR count). The molecule has 0 heterocycles. The summed E-state index contributed by atoms with van der Waals surface area (Å²) in [5.41, 5.74) is 4.50. The van der Waals surface area contributed by atoms with Crippen LogP contribution in [0.1, 0.15) is 73.6 Å². The van der Waals surface area contributed by atoms with E-state index >= 15 is 0 Å². The molecule has 0 aliphatic rings. The van der Waals surface area contributed by atoms with Crippen LogP contribution in [0.3, 0.4) is 0 Å². The summed E-state index contributed by atoms with van der Waals surface area (Å²) in [5.74, 6) is 0. The third kappa shape index (κ3) is 135. The van der Waals surface area contributed by atoms with E-state index in [1.165, 1.54) is 39.2 Å². The molecule has 0 fully saturated rings. The molecule has 0 unspecified atom stereocenters. The first kappa shape index (κ1) is 23.1. The van der Waals surface area contributed by atoms with Gasteiger partial charge < -0.3 is 5.73 Å². The van der Waals surface area contributed by atoms with Crippen molar-refractivity contribution >= 4 is 0 Å². The number of nitrogens with two attached hydrogens (primary N) is 1. The topological polar surface area (TPSA) is 26.0 Å². The van der Waals surface area contributed by atoms with Crippen LogP contribution in [0.2, 0.25) is 0 Å². The van der Waals surface area contributed by atoms with Crippen molar-refractivity contribution in [1.29, 1.82) is 0 Å². The van der Waals surface area contributed by atoms with Gasteiger partial charge in [0.1, 0.15) is 0 Å². The van der Waals surface area contributed by atoms with E-state index in [9.17, 15) is 0 Å². The van der Waals surface area contributed by atoms with Gasteiger partial charge in [0.05, 0.1) is 0 Å². The maximum absolute atomic E-state index is 4.50. The van der Waals surface area contributed by atoms with Crippen LogP contribution in [0.15, 0.2) is 0 Å². The van der Waals surface area contributed by atoms with E-state index in [1.807, 2.05) is 13.8 Å². The SMILES string of the molecule is CC.CCC.CCCCCC.CN. The molecule has 0 aliphatic carbocycles. The molecule has 0 aromatic rings. The Labute approximate surface area is 87.1 Å². The summed E-state index contributed by atoms with van der Waals surface area (Å²) in [6, 6.07) is 0. The van der Waals surface area contributed by atoms with Gasteiger partial charge in [0, 0.05) is 0 Å². The molecule has 0 aromatic carbocycles. The smallest absolute Gasteiger partial charge is 0.0195 e. The quantitative estimate of drug-likeness (QED) is 0.648. The van der Waals surface area contributed by atoms with Crippen molar-refractivity contribution < 1.29 is 0 Å². The molecule has 0 amide bonds. The molecule has 0 saturated carbocycles. The highest BCUT2D eigenvalue weighted by molar-refractivity contribution is 4.31. The van der Waals surface area contributed by atoms with Crippen LogP contribution in [0.5, 0.6) is 0 Å². The lowest BCUT2D eigenvalue weighted by molar-refractivity contribution is 0.702. The Morgan fingerprint density at radius 3 is 0.923 bits per heavy atom. The van der Waals surface area contributed by atoms with Crippen LogP contribution in [-0.2, 0) is 0 Å². The molecule has 0 aliphatic heterocycles. The molecule has 2 N–H and O–H groups in total. The van der Waals surface area contributed by atoms with Gasteiger partial charge in [-0.25, -0.2) is 0 Å². The fourth-order valence-corrected chi connectivity index (χ4v) is 0.500. The highest BCUT2D eigenvalue weighted by Crippen LogP contribution is 1.95. The van der Waals surface area contributed by atoms with Gasteiger partial charge in [0.2, 0.25) is 0 Å². The Hall–Kier alpha value is -0.0400. The summed E-state index contributed by atoms with van der Waals surface area (Å²) in [4.78, 5) is 0. The predicted octanol–water partition coefficient (Wildman–Crippen LogP) is 4.60. The van der Waals surface area contributed by atoms with Gasteiger partial charge in [-0.1, -0.05) is 73.6 Å². The average molecular weight is 191 g/mol. The van der Waals surface area contributed by atoms with E-state index in [-0.39, 0.29) is 0 Å². The van der Waals surface area contributed by atoms with E-state index < -0.39 is 0 Å². The zero-order valence-electron chi connectivity index (χ0n) is 11.1. The Bertz CT molecular complexity index is 24.3. The Morgan fingerprint density at radius 2 is 0.846 bits per heavy atom. The van der Waals surface area contributed by atoms with Crippen LogP contribution >= 0.6 is 0 Å². The van der Waals surface area contributed by atoms with Gasteiger partial charge in [0.15, 0.2) is 0 Å². The van der Waals surface area contributed by atoms with Crippen LogP contribution in [0.25, 0.3) is 0 Å². The van der Waals surface area contributed by atoms with Gasteiger partial charge >= 0.3 is 0 Å². The molecule has 0 atom stereocenters. The van der Waals surface area contributed by atoms with Crippen LogP contribution in [0.4, 0.5) is 0 Å². The molecular formula is C12H33N. The number of hydrogen-bond acceptors (Lipinski definition) is 1. The molecule has 0 radical (unpaired) electrons. The minimum absolute atomic E-state index is 1.25. The van der Waals surface area contributed by atoms with E-state index in [1.54, 1.807) is 0 Å². The number of rotatable bonds is 3. The zero-order chi connectivity index (χ0) is 11.5. The highest BCUT2D eigenvalue weighted by Gasteiger charge is 1.75. The van der Waals surface area contributed by atoms with Crippen molar-refractivity contribution in [2.75, 3.05) is 7.05 Å². The minimum atomic E-state index is 1.25. The van der Waals surface area contributed by atoms with Crippen molar-refractivity contribution in [3.63, 3.8) is 0 Å². The lowest BCUT2D eigenvalue weighted by atomic mass is 10.2. The first-order chi connectivity index (χ1) is 6.33. The maximum Gasteiger partial charge on any atom is -0.0195 e. The molecule has 86 valence electrons. The van der Waals surface area contributed by atoms with Gasteiger partial charge in [0.25, 0.3) is 0 Å². The lowest BCUT2D eigenvalue weighted by Crippen LogP contribution is -1.69. The highest BCUT2D eigenvalue weighted by atomic mass is 14.4. The normalized spacial score (nSPS) is 6.46. The zero-order valence-corrected chi connectivity index (χ0v) is 11.1. The van der Waals surface area contributed by atoms with Gasteiger partial charge in [-0.3, -0.25) is 0 Å². The molecule has 1 nitrogen and oxygen atoms in total. The number of unbranched alkanes of at least 4 members (excludes halogenated alkanes) is 3. The summed E-state index contributed by atoms with van der Waals surface area (Å²) in [5, 5.41) is 0. The van der Waals surface area contributed by atoms with E-state index in [4.69, 9.17) is 0 Å². The second-order valence-corrected chi connectivity index (χ2v) is 2.41. The molecule has 0 bridgehead atoms. The minimum Gasteiger partial charge on any atom is -0.333 e. The number of hydrogen-bond donors (Lipinski definition) is 1. The van der Waals surface area contributed by atoms with Crippen LogP contribution < -0.4 is 5.73 Å². The summed E-state index contributed by atoms with van der Waals surface area (Å²) >= 11 is 0. The standard InChI is InChI=1S/C6H14.C3H8.C2H6.CH5N/c1-3-5-6-4-2;1-3-2;2*1-2/h3-6H2,1-2H3;3H2,1-2H3;1-2H3;2H2,1H3. The molecule has 0 aromatic heterocycles. The Balaban J connectivity index is -0.0000000493. The first-order valence-corrected chi connectivity index (χ1v) is 5.91. The third-order valence-corrected chi connectivity index (χ3v) is 0.957. The molecular weight excluding hydrogens is 158 g/mol. The fraction of sp³-hybridized carbons (Fsp3) is 1.00. The monoisotopic (exact) mass is 191 g/mol. The second-order valence-electron chi connectivity index (χ2n) is 2.41. The van der Waals surface area contributed by atoms with E-state index in [0.29, 0.717) is 0 Å². The first-order valence-electron chi connectivity index (χ1n) is 5.91. The molecule has 13 heavy (non-hydrogen) atoms. The summed E-state index contributed by atoms with van der Waals surface area (Å²) in [7, 11) is 1.50. The Kier molecular flexibility index (Phi) is 104. The third-order valence-electron chi connectivity index (χ3n) is 0.957. The lowest BCUT2D eigenvalue weighted by Gasteiger charge is -1.86. The second kappa shape index (κ2) is 58.4. The van der Waals surface area contributed by atoms with Gasteiger partial charge in [-0.15, -0.1) is 0 Å². The van der Waals surface area contributed by atoms with Gasteiger partial charge in [-0.05, 0) is 7.05 Å². The predicted molar refractivity (Wildman–Crippen MR) is 67.2 cm³/mol. The average Bonchev–Trinajstić information content (AvgIpc) is 2.22. The summed E-state index contributed by atoms with van der Waals surface area (Å²) < 4.78 is 0. The van der Waals surface area contributed by atoms with Crippen molar-refractivity contribution in [2.24, 2.45) is 5.73 Å². The van der Waals surface area contributed by atoms with Crippen LogP contribution in [-0.4, -0.2) is 7.05 Å². The fourth-order valence-electron chi connectivity index (χ4n) is 0.500. The van der Waals surface area contributed by atoms with Crippen molar-refractivity contribution in [1.82, 2.24) is 0 Å².